The van der Waals surface area contributed by atoms with E-state index in [9.17, 15) is 4.79 Å². The number of fused-ring (bicyclic) bond motifs is 1. The summed E-state index contributed by atoms with van der Waals surface area (Å²) >= 11 is 12.3. The Balaban J connectivity index is 1.58. The molecule has 0 N–H and O–H groups in total. The van der Waals surface area contributed by atoms with E-state index in [1.54, 1.807) is 36.4 Å². The summed E-state index contributed by atoms with van der Waals surface area (Å²) in [6, 6.07) is 18.3. The van der Waals surface area contributed by atoms with Crippen molar-refractivity contribution in [1.82, 2.24) is 0 Å². The van der Waals surface area contributed by atoms with Gasteiger partial charge in [-0.2, -0.15) is 0 Å². The fourth-order valence-electron chi connectivity index (χ4n) is 3.14. The van der Waals surface area contributed by atoms with Gasteiger partial charge < -0.3 is 14.2 Å². The zero-order valence-electron chi connectivity index (χ0n) is 15.9. The van der Waals surface area contributed by atoms with E-state index in [0.29, 0.717) is 45.9 Å². The summed E-state index contributed by atoms with van der Waals surface area (Å²) in [6.45, 7) is 0.924. The molecule has 152 valence electrons. The third-order valence-electron chi connectivity index (χ3n) is 4.56. The van der Waals surface area contributed by atoms with Crippen molar-refractivity contribution < 1.29 is 19.0 Å². The van der Waals surface area contributed by atoms with Crippen molar-refractivity contribution in [2.75, 3.05) is 6.79 Å². The normalized spacial score (nSPS) is 13.0. The Bertz CT molecular complexity index is 1090. The standard InChI is InChI=1S/C24H18Cl2O4/c25-19-7-9-23(29-13-16-4-2-1-3-5-16)21(12-19)22(27)8-6-17-10-20(26)11-18-14-28-15-30-24(17)18/h1-12H,13-15H2/b8-6+. The molecule has 0 aromatic heterocycles. The first kappa shape index (κ1) is 20.5. The average Bonchev–Trinajstić information content (AvgIpc) is 2.77. The maximum atomic E-state index is 12.9. The van der Waals surface area contributed by atoms with E-state index < -0.39 is 0 Å². The van der Waals surface area contributed by atoms with E-state index in [2.05, 4.69) is 0 Å². The molecular weight excluding hydrogens is 423 g/mol. The molecule has 0 fully saturated rings. The van der Waals surface area contributed by atoms with Crippen LogP contribution in [0.5, 0.6) is 11.5 Å². The van der Waals surface area contributed by atoms with Crippen LogP contribution in [0.4, 0.5) is 0 Å². The molecule has 1 heterocycles. The van der Waals surface area contributed by atoms with Gasteiger partial charge in [-0.05, 0) is 48.0 Å². The van der Waals surface area contributed by atoms with Gasteiger partial charge in [0, 0.05) is 21.2 Å². The first-order chi connectivity index (χ1) is 14.6. The largest absolute Gasteiger partial charge is 0.488 e. The van der Waals surface area contributed by atoms with Gasteiger partial charge in [0.15, 0.2) is 12.6 Å². The van der Waals surface area contributed by atoms with Crippen LogP contribution in [0.1, 0.15) is 27.0 Å². The van der Waals surface area contributed by atoms with Crippen molar-refractivity contribution in [2.45, 2.75) is 13.2 Å². The molecular formula is C24H18Cl2O4. The SMILES string of the molecule is O=C(/C=C/c1cc(Cl)cc2c1OCOC2)c1cc(Cl)ccc1OCc1ccccc1. The van der Waals surface area contributed by atoms with Gasteiger partial charge >= 0.3 is 0 Å². The summed E-state index contributed by atoms with van der Waals surface area (Å²) in [5.74, 6) is 0.901. The van der Waals surface area contributed by atoms with Gasteiger partial charge in [0.25, 0.3) is 0 Å². The number of rotatable bonds is 6. The van der Waals surface area contributed by atoms with E-state index in [1.807, 2.05) is 30.3 Å². The van der Waals surface area contributed by atoms with Gasteiger partial charge in [-0.1, -0.05) is 53.5 Å². The molecule has 1 aliphatic rings. The van der Waals surface area contributed by atoms with Crippen LogP contribution in [0.3, 0.4) is 0 Å². The first-order valence-electron chi connectivity index (χ1n) is 9.32. The van der Waals surface area contributed by atoms with Crippen molar-refractivity contribution in [3.05, 3.63) is 99.0 Å². The topological polar surface area (TPSA) is 44.8 Å². The third kappa shape index (κ3) is 4.85. The van der Waals surface area contributed by atoms with E-state index in [-0.39, 0.29) is 12.6 Å². The van der Waals surface area contributed by atoms with E-state index in [4.69, 9.17) is 37.4 Å². The lowest BCUT2D eigenvalue weighted by molar-refractivity contribution is -0.0165. The van der Waals surface area contributed by atoms with Crippen LogP contribution in [0.15, 0.2) is 66.7 Å². The Morgan fingerprint density at radius 1 is 1.03 bits per heavy atom. The molecule has 0 amide bonds. The minimum absolute atomic E-state index is 0.162. The molecule has 0 spiro atoms. The zero-order valence-corrected chi connectivity index (χ0v) is 17.5. The van der Waals surface area contributed by atoms with Gasteiger partial charge in [-0.3, -0.25) is 4.79 Å². The highest BCUT2D eigenvalue weighted by Crippen LogP contribution is 2.33. The third-order valence-corrected chi connectivity index (χ3v) is 5.02. The lowest BCUT2D eigenvalue weighted by atomic mass is 10.1. The Labute approximate surface area is 184 Å². The van der Waals surface area contributed by atoms with Crippen molar-refractivity contribution in [2.24, 2.45) is 0 Å². The molecule has 0 unspecified atom stereocenters. The number of halogens is 2. The summed E-state index contributed by atoms with van der Waals surface area (Å²) in [5, 5.41) is 1.00. The maximum absolute atomic E-state index is 12.9. The summed E-state index contributed by atoms with van der Waals surface area (Å²) in [7, 11) is 0. The molecule has 6 heteroatoms. The predicted molar refractivity (Wildman–Crippen MR) is 117 cm³/mol. The second kappa shape index (κ2) is 9.35. The summed E-state index contributed by atoms with van der Waals surface area (Å²) in [4.78, 5) is 12.9. The van der Waals surface area contributed by atoms with Crippen molar-refractivity contribution in [3.8, 4) is 11.5 Å². The maximum Gasteiger partial charge on any atom is 0.189 e. The molecule has 0 saturated heterocycles. The van der Waals surface area contributed by atoms with Gasteiger partial charge in [-0.25, -0.2) is 0 Å². The van der Waals surface area contributed by atoms with Crippen LogP contribution >= 0.6 is 23.2 Å². The van der Waals surface area contributed by atoms with E-state index in [1.165, 1.54) is 6.08 Å². The number of ether oxygens (including phenoxy) is 3. The quantitative estimate of drug-likeness (QED) is 0.331. The molecule has 4 nitrogen and oxygen atoms in total. The Hall–Kier alpha value is -2.79. The zero-order chi connectivity index (χ0) is 20.9. The number of carbonyl (C=O) groups is 1. The van der Waals surface area contributed by atoms with Crippen LogP contribution in [-0.2, 0) is 18.0 Å². The second-order valence-corrected chi connectivity index (χ2v) is 7.58. The minimum atomic E-state index is -0.235. The van der Waals surface area contributed by atoms with Gasteiger partial charge in [0.05, 0.1) is 12.2 Å². The Kier molecular flexibility index (Phi) is 6.38. The number of carbonyl (C=O) groups excluding carboxylic acids is 1. The summed E-state index contributed by atoms with van der Waals surface area (Å²) < 4.78 is 16.8. The summed E-state index contributed by atoms with van der Waals surface area (Å²) in [5.41, 5.74) is 2.94. The molecule has 1 aliphatic heterocycles. The molecule has 4 rings (SSSR count). The summed E-state index contributed by atoms with van der Waals surface area (Å²) in [6.07, 6.45) is 3.14. The molecule has 0 saturated carbocycles. The number of ketones is 1. The monoisotopic (exact) mass is 440 g/mol. The van der Waals surface area contributed by atoms with Crippen molar-refractivity contribution in [3.63, 3.8) is 0 Å². The fraction of sp³-hybridized carbons (Fsp3) is 0.125. The van der Waals surface area contributed by atoms with Gasteiger partial charge in [0.1, 0.15) is 18.1 Å². The minimum Gasteiger partial charge on any atom is -0.488 e. The first-order valence-corrected chi connectivity index (χ1v) is 10.1. The lowest BCUT2D eigenvalue weighted by Crippen LogP contribution is -2.12. The highest BCUT2D eigenvalue weighted by Gasteiger charge is 2.16. The highest BCUT2D eigenvalue weighted by atomic mass is 35.5. The second-order valence-electron chi connectivity index (χ2n) is 6.71. The van der Waals surface area contributed by atoms with Crippen LogP contribution in [0, 0.1) is 0 Å². The molecule has 30 heavy (non-hydrogen) atoms. The van der Waals surface area contributed by atoms with E-state index in [0.717, 1.165) is 11.1 Å². The van der Waals surface area contributed by atoms with Crippen LogP contribution in [0.2, 0.25) is 10.0 Å². The van der Waals surface area contributed by atoms with Crippen LogP contribution in [0.25, 0.3) is 6.08 Å². The van der Waals surface area contributed by atoms with Gasteiger partial charge in [0.2, 0.25) is 0 Å². The number of benzene rings is 3. The van der Waals surface area contributed by atoms with Crippen molar-refractivity contribution in [1.29, 1.82) is 0 Å². The average molecular weight is 441 g/mol. The molecule has 0 aliphatic carbocycles. The van der Waals surface area contributed by atoms with Crippen molar-refractivity contribution >= 4 is 35.1 Å². The smallest absolute Gasteiger partial charge is 0.189 e. The lowest BCUT2D eigenvalue weighted by Gasteiger charge is -2.19. The van der Waals surface area contributed by atoms with E-state index >= 15 is 0 Å². The molecule has 3 aromatic carbocycles. The predicted octanol–water partition coefficient (Wildman–Crippen LogP) is 6.34. The number of allylic oxidation sites excluding steroid dienone is 1. The highest BCUT2D eigenvalue weighted by molar-refractivity contribution is 6.31. The molecule has 3 aromatic rings. The van der Waals surface area contributed by atoms with Gasteiger partial charge in [-0.15, -0.1) is 0 Å². The fourth-order valence-corrected chi connectivity index (χ4v) is 3.56. The molecule has 0 bridgehead atoms. The Morgan fingerprint density at radius 3 is 2.70 bits per heavy atom. The number of hydrogen-bond acceptors (Lipinski definition) is 4. The van der Waals surface area contributed by atoms with Crippen LogP contribution < -0.4 is 9.47 Å². The van der Waals surface area contributed by atoms with Crippen LogP contribution in [-0.4, -0.2) is 12.6 Å². The molecule has 0 radical (unpaired) electrons. The molecule has 0 atom stereocenters. The Morgan fingerprint density at radius 2 is 1.87 bits per heavy atom. The number of hydrogen-bond donors (Lipinski definition) is 0.